The molecule has 0 saturated heterocycles. The van der Waals surface area contributed by atoms with Gasteiger partial charge in [0, 0.05) is 0 Å². The molecule has 0 radical (unpaired) electrons. The average Bonchev–Trinajstić information content (AvgIpc) is 1.25. The number of halogens is 3. The van der Waals surface area contributed by atoms with E-state index in [1.807, 2.05) is 0 Å². The van der Waals surface area contributed by atoms with Gasteiger partial charge in [-0.15, -0.1) is 0 Å². The van der Waals surface area contributed by atoms with Crippen molar-refractivity contribution in [1.82, 2.24) is 0 Å². The molecule has 0 aromatic rings. The van der Waals surface area contributed by atoms with Crippen LogP contribution in [0.15, 0.2) is 0 Å². The maximum absolute atomic E-state index is 11.6. The van der Waals surface area contributed by atoms with E-state index in [1.54, 1.807) is 0 Å². The minimum absolute atomic E-state index is 3.59. The van der Waals surface area contributed by atoms with E-state index in [0.717, 1.165) is 0 Å². The third kappa shape index (κ3) is 2.13. The third-order valence-corrected chi connectivity index (χ3v) is 2.05. The van der Waals surface area contributed by atoms with Crippen LogP contribution in [0.2, 0.25) is 0 Å². The average molecular weight is 183 g/mol. The molecule has 3 nitrogen and oxygen atoms in total. The first kappa shape index (κ1) is 8.42. The smallest absolute Gasteiger partial charge is 0.281 e. The number of hydrogen-bond acceptors (Lipinski definition) is 2. The van der Waals surface area contributed by atoms with Gasteiger partial charge in [-0.2, -0.15) is 12.8 Å². The Kier molecular flexibility index (Phi) is 2.09. The molecule has 0 rings (SSSR count). The zero-order chi connectivity index (χ0) is 7.00. The predicted octanol–water partition coefficient (Wildman–Crippen LogP) is 0.933. The van der Waals surface area contributed by atoms with Crippen molar-refractivity contribution in [2.45, 2.75) is 3.92 Å². The normalized spacial score (nSPS) is 14.0. The van der Waals surface area contributed by atoms with Crippen molar-refractivity contribution < 1.29 is 17.4 Å². The Balaban J connectivity index is 4.53. The lowest BCUT2D eigenvalue weighted by Gasteiger charge is -2.01. The second-order valence-electron chi connectivity index (χ2n) is 0.921. The summed E-state index contributed by atoms with van der Waals surface area (Å²) in [5.74, 6) is 0. The molecule has 0 atom stereocenters. The lowest BCUT2D eigenvalue weighted by atomic mass is 11.7. The number of rotatable bonds is 1. The largest absolute Gasteiger partial charge is 0.382 e. The summed E-state index contributed by atoms with van der Waals surface area (Å²) in [7, 11) is -4.98. The molecule has 0 fully saturated rings. The fourth-order valence-electron chi connectivity index (χ4n) is 0. The Bertz CT molecular complexity index is 166. The molecule has 0 aliphatic heterocycles. The molecule has 8 heavy (non-hydrogen) atoms. The van der Waals surface area contributed by atoms with E-state index in [9.17, 15) is 12.8 Å². The number of hydrogen-bond donors (Lipinski definition) is 1. The molecule has 0 amide bonds. The summed E-state index contributed by atoms with van der Waals surface area (Å²) in [6.45, 7) is 0. The van der Waals surface area contributed by atoms with Gasteiger partial charge in [0.25, 0.3) is 0 Å². The summed E-state index contributed by atoms with van der Waals surface area (Å²) < 4.78 is 34.8. The standard InChI is InChI=1S/CHCl2FO3S/c2-1(3,4)8(5,6)7/h(H,5,6,7). The summed E-state index contributed by atoms with van der Waals surface area (Å²) in [6, 6.07) is 0. The van der Waals surface area contributed by atoms with Crippen molar-refractivity contribution in [3.8, 4) is 0 Å². The molecule has 0 unspecified atom stereocenters. The van der Waals surface area contributed by atoms with Gasteiger partial charge in [-0.3, -0.25) is 4.55 Å². The van der Waals surface area contributed by atoms with Crippen molar-refractivity contribution >= 4 is 33.3 Å². The second-order valence-corrected chi connectivity index (χ2v) is 4.12. The molecule has 50 valence electrons. The molecule has 0 bridgehead atoms. The van der Waals surface area contributed by atoms with Crippen molar-refractivity contribution in [3.63, 3.8) is 0 Å². The molecular weight excluding hydrogens is 182 g/mol. The molecule has 0 aromatic heterocycles. The van der Waals surface area contributed by atoms with Crippen LogP contribution in [0.3, 0.4) is 0 Å². The Morgan fingerprint density at radius 2 is 1.62 bits per heavy atom. The van der Waals surface area contributed by atoms with Crippen LogP contribution in [0.5, 0.6) is 0 Å². The highest BCUT2D eigenvalue weighted by atomic mass is 35.5. The van der Waals surface area contributed by atoms with Crippen LogP contribution in [0.25, 0.3) is 0 Å². The first-order chi connectivity index (χ1) is 3.25. The van der Waals surface area contributed by atoms with Crippen LogP contribution in [-0.4, -0.2) is 16.9 Å². The van der Waals surface area contributed by atoms with Crippen molar-refractivity contribution in [1.29, 1.82) is 0 Å². The minimum Gasteiger partial charge on any atom is -0.281 e. The lowest BCUT2D eigenvalue weighted by Crippen LogP contribution is -2.18. The van der Waals surface area contributed by atoms with E-state index < -0.39 is 14.0 Å². The monoisotopic (exact) mass is 182 g/mol. The van der Waals surface area contributed by atoms with Gasteiger partial charge in [-0.25, -0.2) is 0 Å². The Morgan fingerprint density at radius 1 is 1.50 bits per heavy atom. The summed E-state index contributed by atoms with van der Waals surface area (Å²) >= 11 is 8.54. The van der Waals surface area contributed by atoms with Crippen LogP contribution < -0.4 is 0 Å². The van der Waals surface area contributed by atoms with E-state index >= 15 is 0 Å². The quantitative estimate of drug-likeness (QED) is 0.485. The third-order valence-electron chi connectivity index (χ3n) is 0.292. The molecule has 1 N–H and O–H groups in total. The maximum atomic E-state index is 11.6. The first-order valence-electron chi connectivity index (χ1n) is 1.29. The van der Waals surface area contributed by atoms with Crippen molar-refractivity contribution in [2.24, 2.45) is 0 Å². The zero-order valence-electron chi connectivity index (χ0n) is 3.31. The van der Waals surface area contributed by atoms with Gasteiger partial charge >= 0.3 is 14.0 Å². The molecule has 0 heterocycles. The zero-order valence-corrected chi connectivity index (χ0v) is 5.63. The van der Waals surface area contributed by atoms with Crippen LogP contribution in [-0.2, 0) is 10.1 Å². The molecule has 0 saturated carbocycles. The van der Waals surface area contributed by atoms with Crippen LogP contribution in [0, 0.1) is 0 Å². The lowest BCUT2D eigenvalue weighted by molar-refractivity contribution is 0.407. The Labute approximate surface area is 55.1 Å². The predicted molar refractivity (Wildman–Crippen MR) is 27.1 cm³/mol. The van der Waals surface area contributed by atoms with E-state index in [1.165, 1.54) is 0 Å². The van der Waals surface area contributed by atoms with E-state index in [0.29, 0.717) is 0 Å². The fraction of sp³-hybridized carbons (Fsp3) is 1.00. The van der Waals surface area contributed by atoms with Crippen molar-refractivity contribution in [3.05, 3.63) is 0 Å². The highest BCUT2D eigenvalue weighted by Crippen LogP contribution is 2.27. The fourth-order valence-corrected chi connectivity index (χ4v) is 0. The highest BCUT2D eigenvalue weighted by Gasteiger charge is 2.38. The first-order valence-corrected chi connectivity index (χ1v) is 3.48. The van der Waals surface area contributed by atoms with E-state index in [-0.39, 0.29) is 0 Å². The van der Waals surface area contributed by atoms with Gasteiger partial charge in [-0.05, 0) is 23.2 Å². The SMILES string of the molecule is O=S(=O)(O)C(F)(Cl)Cl. The van der Waals surface area contributed by atoms with Gasteiger partial charge < -0.3 is 0 Å². The topological polar surface area (TPSA) is 54.4 Å². The minimum atomic E-state index is -4.98. The second kappa shape index (κ2) is 1.98. The molecule has 0 aliphatic rings. The van der Waals surface area contributed by atoms with Crippen molar-refractivity contribution in [2.75, 3.05) is 0 Å². The van der Waals surface area contributed by atoms with Crippen LogP contribution in [0.1, 0.15) is 0 Å². The number of alkyl halides is 3. The van der Waals surface area contributed by atoms with Gasteiger partial charge in [0.1, 0.15) is 0 Å². The summed E-state index contributed by atoms with van der Waals surface area (Å²) in [5.41, 5.74) is 0. The Morgan fingerprint density at radius 3 is 1.62 bits per heavy atom. The molecular formula is CHCl2FO3S. The van der Waals surface area contributed by atoms with Gasteiger partial charge in [0.15, 0.2) is 0 Å². The van der Waals surface area contributed by atoms with Crippen LogP contribution in [0.4, 0.5) is 4.39 Å². The summed E-state index contributed by atoms with van der Waals surface area (Å²) in [4.78, 5) is 0. The van der Waals surface area contributed by atoms with E-state index in [2.05, 4.69) is 23.2 Å². The molecule has 0 aliphatic carbocycles. The molecule has 7 heteroatoms. The summed E-state index contributed by atoms with van der Waals surface area (Å²) in [5, 5.41) is 0. The van der Waals surface area contributed by atoms with Gasteiger partial charge in [-0.1, -0.05) is 0 Å². The molecule has 0 spiro atoms. The maximum Gasteiger partial charge on any atom is 0.382 e. The van der Waals surface area contributed by atoms with E-state index in [4.69, 9.17) is 4.55 Å². The van der Waals surface area contributed by atoms with Gasteiger partial charge in [0.05, 0.1) is 0 Å². The summed E-state index contributed by atoms with van der Waals surface area (Å²) in [6.07, 6.45) is 0. The van der Waals surface area contributed by atoms with Gasteiger partial charge in [0.2, 0.25) is 0 Å². The Hall–Kier alpha value is 0.420. The molecule has 0 aromatic carbocycles. The van der Waals surface area contributed by atoms with Crippen LogP contribution >= 0.6 is 23.2 Å². The highest BCUT2D eigenvalue weighted by molar-refractivity contribution is 7.90.